The van der Waals surface area contributed by atoms with Crippen molar-refractivity contribution in [2.24, 2.45) is 0 Å². The summed E-state index contributed by atoms with van der Waals surface area (Å²) in [7, 11) is 1.59. The van der Waals surface area contributed by atoms with Crippen molar-refractivity contribution in [3.05, 3.63) is 72.9 Å². The van der Waals surface area contributed by atoms with Gasteiger partial charge in [-0.25, -0.2) is 4.57 Å². The Morgan fingerprint density at radius 1 is 0.583 bits per heavy atom. The largest absolute Gasteiger partial charge is 0.472 e. The number of aliphatic hydroxyl groups is 1. The molecule has 0 fully saturated rings. The second-order valence-corrected chi connectivity index (χ2v) is 18.9. The van der Waals surface area contributed by atoms with E-state index in [1.165, 1.54) is 77.0 Å². The van der Waals surface area contributed by atoms with Gasteiger partial charge < -0.3 is 19.8 Å². The first-order valence-corrected chi connectivity index (χ1v) is 25.8. The van der Waals surface area contributed by atoms with Gasteiger partial charge in [-0.05, 0) is 64.2 Å². The molecular formula is C51H94N2O6P+. The Bertz CT molecular complexity index is 1200. The van der Waals surface area contributed by atoms with Crippen LogP contribution in [0.4, 0.5) is 0 Å². The number of hydrogen-bond donors (Lipinski definition) is 3. The van der Waals surface area contributed by atoms with Gasteiger partial charge in [-0.15, -0.1) is 0 Å². The first kappa shape index (κ1) is 57.9. The molecule has 0 saturated carbocycles. The van der Waals surface area contributed by atoms with E-state index in [4.69, 9.17) is 9.05 Å². The van der Waals surface area contributed by atoms with Gasteiger partial charge in [0.25, 0.3) is 0 Å². The van der Waals surface area contributed by atoms with Gasteiger partial charge in [-0.1, -0.05) is 196 Å². The molecular weight excluding hydrogens is 768 g/mol. The topological polar surface area (TPSA) is 105 Å². The molecule has 3 N–H and O–H groups in total. The summed E-state index contributed by atoms with van der Waals surface area (Å²) in [5.74, 6) is -0.171. The molecule has 0 bridgehead atoms. The van der Waals surface area contributed by atoms with Gasteiger partial charge in [0.15, 0.2) is 0 Å². The number of rotatable bonds is 43. The van der Waals surface area contributed by atoms with Crippen LogP contribution >= 0.6 is 7.82 Å². The third-order valence-electron chi connectivity index (χ3n) is 10.5. The number of phosphoric acid groups is 1. The summed E-state index contributed by atoms with van der Waals surface area (Å²) in [5.41, 5.74) is 0. The van der Waals surface area contributed by atoms with E-state index in [0.717, 1.165) is 89.9 Å². The maximum Gasteiger partial charge on any atom is 0.472 e. The molecule has 0 aromatic heterocycles. The van der Waals surface area contributed by atoms with Crippen molar-refractivity contribution < 1.29 is 32.9 Å². The molecule has 0 radical (unpaired) electrons. The van der Waals surface area contributed by atoms with Crippen LogP contribution in [0, 0.1) is 0 Å². The summed E-state index contributed by atoms with van der Waals surface area (Å²) in [4.78, 5) is 23.2. The van der Waals surface area contributed by atoms with E-state index in [-0.39, 0.29) is 19.1 Å². The molecule has 348 valence electrons. The van der Waals surface area contributed by atoms with Crippen LogP contribution in [0.2, 0.25) is 0 Å². The van der Waals surface area contributed by atoms with Crippen molar-refractivity contribution in [1.29, 1.82) is 0 Å². The summed E-state index contributed by atoms with van der Waals surface area (Å²) in [5, 5.41) is 14.0. The van der Waals surface area contributed by atoms with Crippen molar-refractivity contribution in [3.8, 4) is 0 Å². The number of likely N-dealkylation sites (N-methyl/N-ethyl adjacent to an activating group) is 1. The van der Waals surface area contributed by atoms with Crippen LogP contribution in [0.3, 0.4) is 0 Å². The average molecular weight is 862 g/mol. The van der Waals surface area contributed by atoms with E-state index in [2.05, 4.69) is 92.1 Å². The molecule has 1 amide bonds. The van der Waals surface area contributed by atoms with Crippen molar-refractivity contribution in [1.82, 2.24) is 5.32 Å². The zero-order valence-electron chi connectivity index (χ0n) is 39.4. The minimum Gasteiger partial charge on any atom is -0.391 e. The van der Waals surface area contributed by atoms with Gasteiger partial charge in [-0.3, -0.25) is 13.8 Å². The lowest BCUT2D eigenvalue weighted by Crippen LogP contribution is -2.46. The number of hydrogen-bond acceptors (Lipinski definition) is 5. The number of nitrogens with zero attached hydrogens (tertiary/aromatic N) is 1. The van der Waals surface area contributed by atoms with Gasteiger partial charge in [-0.2, -0.15) is 0 Å². The number of quaternary nitrogens is 1. The lowest BCUT2D eigenvalue weighted by molar-refractivity contribution is -0.870. The first-order valence-electron chi connectivity index (χ1n) is 24.3. The molecule has 9 heteroatoms. The average Bonchev–Trinajstić information content (AvgIpc) is 3.20. The molecule has 3 atom stereocenters. The van der Waals surface area contributed by atoms with Crippen LogP contribution in [0.15, 0.2) is 72.9 Å². The lowest BCUT2D eigenvalue weighted by Gasteiger charge is -2.26. The fourth-order valence-electron chi connectivity index (χ4n) is 6.64. The predicted octanol–water partition coefficient (Wildman–Crippen LogP) is 14.0. The number of aliphatic hydroxyl groups excluding tert-OH is 1. The summed E-state index contributed by atoms with van der Waals surface area (Å²) in [6, 6.07) is -0.778. The number of carbonyl (C=O) groups excluding carboxylic acids is 1. The smallest absolute Gasteiger partial charge is 0.391 e. The zero-order valence-corrected chi connectivity index (χ0v) is 40.3. The zero-order chi connectivity index (χ0) is 44.3. The SMILES string of the molecule is CC/C=C\C/C=C\C/C=C\C/C=C\C/C=C\C/C=C\CCCCCCC(=O)NC(COP(=O)(O)OCC[N+](C)(C)C)C(O)CCCCCCCCCCCCCCCCC. The van der Waals surface area contributed by atoms with Gasteiger partial charge >= 0.3 is 7.82 Å². The molecule has 0 aliphatic heterocycles. The van der Waals surface area contributed by atoms with Crippen LogP contribution in [0.25, 0.3) is 0 Å². The molecule has 0 spiro atoms. The van der Waals surface area contributed by atoms with E-state index in [0.29, 0.717) is 23.9 Å². The maximum absolute atomic E-state index is 12.9. The molecule has 8 nitrogen and oxygen atoms in total. The Kier molecular flexibility index (Phi) is 40.8. The predicted molar refractivity (Wildman–Crippen MR) is 258 cm³/mol. The molecule has 0 rings (SSSR count). The highest BCUT2D eigenvalue weighted by atomic mass is 31.2. The first-order chi connectivity index (χ1) is 29.0. The fraction of sp³-hybridized carbons (Fsp3) is 0.745. The standard InChI is InChI=1S/C51H93N2O6P/c1-6-8-10-12-14-16-18-20-22-23-24-25-26-27-28-29-31-33-35-37-39-41-43-45-51(55)52-49(48-59-60(56,57)58-47-46-53(3,4)5)50(54)44-42-40-38-36-34-32-30-21-19-17-15-13-11-9-7-2/h8,10,14,16,20,22,24-25,27-28,31,33,49-50,54H,6-7,9,11-13,15,17-19,21,23,26,29-30,32,34-48H2,1-5H3,(H-,52,55,56,57)/p+1/b10-8-,16-14-,22-20-,25-24-,28-27-,33-31-. The van der Waals surface area contributed by atoms with Crippen LogP contribution in [0.5, 0.6) is 0 Å². The van der Waals surface area contributed by atoms with E-state index in [1.807, 2.05) is 21.1 Å². The number of carbonyl (C=O) groups is 1. The number of nitrogens with one attached hydrogen (secondary N) is 1. The highest BCUT2D eigenvalue weighted by molar-refractivity contribution is 7.47. The van der Waals surface area contributed by atoms with Gasteiger partial charge in [0.1, 0.15) is 13.2 Å². The van der Waals surface area contributed by atoms with Crippen LogP contribution in [-0.4, -0.2) is 73.4 Å². The van der Waals surface area contributed by atoms with Crippen LogP contribution in [0.1, 0.15) is 194 Å². The number of unbranched alkanes of at least 4 members (excludes halogenated alkanes) is 18. The van der Waals surface area contributed by atoms with Crippen molar-refractivity contribution in [2.75, 3.05) is 40.9 Å². The number of phosphoric ester groups is 1. The fourth-order valence-corrected chi connectivity index (χ4v) is 7.37. The van der Waals surface area contributed by atoms with Crippen molar-refractivity contribution >= 4 is 13.7 Å². The Labute approximate surface area is 370 Å². The molecule has 0 heterocycles. The quantitative estimate of drug-likeness (QED) is 0.0244. The Morgan fingerprint density at radius 2 is 1.00 bits per heavy atom. The highest BCUT2D eigenvalue weighted by Crippen LogP contribution is 2.43. The molecule has 0 aromatic rings. The van der Waals surface area contributed by atoms with Gasteiger partial charge in [0.2, 0.25) is 5.91 Å². The molecule has 0 aromatic carbocycles. The normalized spacial score (nSPS) is 14.8. The molecule has 60 heavy (non-hydrogen) atoms. The number of allylic oxidation sites excluding steroid dienone is 12. The second-order valence-electron chi connectivity index (χ2n) is 17.5. The van der Waals surface area contributed by atoms with E-state index >= 15 is 0 Å². The van der Waals surface area contributed by atoms with E-state index in [9.17, 15) is 19.4 Å². The minimum absolute atomic E-state index is 0.0656. The van der Waals surface area contributed by atoms with E-state index < -0.39 is 20.0 Å². The number of amides is 1. The van der Waals surface area contributed by atoms with Crippen molar-refractivity contribution in [2.45, 2.75) is 206 Å². The van der Waals surface area contributed by atoms with Crippen molar-refractivity contribution in [3.63, 3.8) is 0 Å². The summed E-state index contributed by atoms with van der Waals surface area (Å²) < 4.78 is 23.7. The highest BCUT2D eigenvalue weighted by Gasteiger charge is 2.28. The Hall–Kier alpha value is -2.06. The molecule has 0 aliphatic rings. The summed E-state index contributed by atoms with van der Waals surface area (Å²) >= 11 is 0. The molecule has 0 saturated heterocycles. The molecule has 3 unspecified atom stereocenters. The van der Waals surface area contributed by atoms with Crippen LogP contribution in [-0.2, 0) is 18.4 Å². The summed E-state index contributed by atoms with van der Waals surface area (Å²) in [6.07, 6.45) is 56.4. The molecule has 0 aliphatic carbocycles. The lowest BCUT2D eigenvalue weighted by atomic mass is 10.0. The van der Waals surface area contributed by atoms with E-state index in [1.54, 1.807) is 0 Å². The summed E-state index contributed by atoms with van der Waals surface area (Å²) in [6.45, 7) is 4.74. The van der Waals surface area contributed by atoms with Gasteiger partial charge in [0, 0.05) is 6.42 Å². The minimum atomic E-state index is -4.33. The monoisotopic (exact) mass is 862 g/mol. The second kappa shape index (κ2) is 42.3. The Balaban J connectivity index is 4.37. The third-order valence-corrected chi connectivity index (χ3v) is 11.5. The van der Waals surface area contributed by atoms with Crippen LogP contribution < -0.4 is 5.32 Å². The third kappa shape index (κ3) is 44.0. The van der Waals surface area contributed by atoms with Gasteiger partial charge in [0.05, 0.1) is 39.9 Å². The Morgan fingerprint density at radius 3 is 1.47 bits per heavy atom. The maximum atomic E-state index is 12.9.